The van der Waals surface area contributed by atoms with Crippen molar-refractivity contribution < 1.29 is 68.9 Å². The van der Waals surface area contributed by atoms with Gasteiger partial charge in [-0.15, -0.1) is 5.56 Å². The van der Waals surface area contributed by atoms with Crippen molar-refractivity contribution in [3.8, 4) is 6.07 Å². The first-order valence-electron chi connectivity index (χ1n) is 10.1. The number of aryl methyl sites for hydroxylation is 1. The Labute approximate surface area is 233 Å². The second kappa shape index (κ2) is 11.0. The molecule has 0 radical (unpaired) electrons. The Bertz CT molecular complexity index is 837. The largest absolute Gasteiger partial charge is 1.00 e. The van der Waals surface area contributed by atoms with Gasteiger partial charge in [0.2, 0.25) is 0 Å². The fraction of sp³-hybridized carbons (Fsp3) is 0.458. The number of benzene rings is 2. The molecule has 1 unspecified atom stereocenters. The van der Waals surface area contributed by atoms with E-state index in [-0.39, 0.29) is 68.9 Å². The maximum atomic E-state index is 9.38. The summed E-state index contributed by atoms with van der Waals surface area (Å²) in [6, 6.07) is 17.9. The molecule has 2 nitrogen and oxygen atoms in total. The summed E-state index contributed by atoms with van der Waals surface area (Å²) in [5, 5.41) is 10.2. The topological polar surface area (TPSA) is 27.0 Å². The van der Waals surface area contributed by atoms with Crippen LogP contribution in [0.4, 0.5) is 0 Å². The minimum absolute atomic E-state index is 0. The van der Waals surface area contributed by atoms with Crippen LogP contribution in [0.2, 0.25) is 5.02 Å². The molecule has 1 fully saturated rings. The van der Waals surface area contributed by atoms with Crippen LogP contribution >= 0.6 is 11.6 Å². The molecule has 4 heteroatoms. The summed E-state index contributed by atoms with van der Waals surface area (Å²) in [5.41, 5.74) is 4.78. The first-order chi connectivity index (χ1) is 13.2. The van der Waals surface area contributed by atoms with Gasteiger partial charge in [0.1, 0.15) is 0 Å². The van der Waals surface area contributed by atoms with Crippen LogP contribution in [0.15, 0.2) is 36.4 Å². The molecule has 2 aromatic rings. The zero-order chi connectivity index (χ0) is 18.6. The fourth-order valence-corrected chi connectivity index (χ4v) is 5.10. The molecule has 0 bridgehead atoms. The van der Waals surface area contributed by atoms with Crippen LogP contribution in [0.1, 0.15) is 53.9 Å². The normalized spacial score (nSPS) is 20.5. The standard InChI is InChI=1S/C24H26ClN2.Cs/c25-24-7-2-1-6-23(24)20-12-14-27(15-13-20)17-18-8-10-19-4-3-5-21(16-26)22(19)11-9-18;/h1-5,7,18,20H,8-15,17H2;/q-1;+1. The van der Waals surface area contributed by atoms with E-state index < -0.39 is 0 Å². The Kier molecular flexibility index (Phi) is 9.02. The molecule has 28 heavy (non-hydrogen) atoms. The third-order valence-electron chi connectivity index (χ3n) is 6.37. The number of nitriles is 1. The van der Waals surface area contributed by atoms with Gasteiger partial charge >= 0.3 is 68.9 Å². The Morgan fingerprint density at radius 1 is 1.07 bits per heavy atom. The number of rotatable bonds is 3. The van der Waals surface area contributed by atoms with Crippen LogP contribution in [0.5, 0.6) is 0 Å². The average Bonchev–Trinajstić information content (AvgIpc) is 2.91. The van der Waals surface area contributed by atoms with Crippen molar-refractivity contribution in [2.24, 2.45) is 5.92 Å². The summed E-state index contributed by atoms with van der Waals surface area (Å²) in [6.45, 7) is 3.49. The average molecular weight is 511 g/mol. The number of hydrogen-bond donors (Lipinski definition) is 0. The minimum atomic E-state index is 0. The van der Waals surface area contributed by atoms with Gasteiger partial charge in [-0.3, -0.25) is 0 Å². The van der Waals surface area contributed by atoms with Gasteiger partial charge in [-0.25, -0.2) is 0 Å². The van der Waals surface area contributed by atoms with Crippen LogP contribution in [0.25, 0.3) is 0 Å². The van der Waals surface area contributed by atoms with Crippen molar-refractivity contribution in [1.82, 2.24) is 4.90 Å². The van der Waals surface area contributed by atoms with Gasteiger partial charge in [0, 0.05) is 6.54 Å². The molecule has 0 aromatic heterocycles. The van der Waals surface area contributed by atoms with Gasteiger partial charge in [0.15, 0.2) is 0 Å². The summed E-state index contributed by atoms with van der Waals surface area (Å²) in [7, 11) is 0. The van der Waals surface area contributed by atoms with E-state index in [1.54, 1.807) is 0 Å². The molecule has 0 N–H and O–H groups in total. The molecule has 4 rings (SSSR count). The second-order valence-electron chi connectivity index (χ2n) is 8.01. The molecule has 1 aliphatic carbocycles. The third-order valence-corrected chi connectivity index (χ3v) is 6.69. The second-order valence-corrected chi connectivity index (χ2v) is 8.41. The molecule has 2 aliphatic rings. The van der Waals surface area contributed by atoms with Crippen molar-refractivity contribution in [2.75, 3.05) is 19.6 Å². The third kappa shape index (κ3) is 5.47. The zero-order valence-corrected chi connectivity index (χ0v) is 23.8. The van der Waals surface area contributed by atoms with E-state index in [1.807, 2.05) is 30.3 Å². The van der Waals surface area contributed by atoms with Crippen LogP contribution in [-0.2, 0) is 12.8 Å². The summed E-state index contributed by atoms with van der Waals surface area (Å²) in [4.78, 5) is 2.64. The van der Waals surface area contributed by atoms with Gasteiger partial charge in [-0.1, -0.05) is 17.2 Å². The van der Waals surface area contributed by atoms with Crippen molar-refractivity contribution in [2.45, 2.75) is 44.4 Å². The minimum Gasteiger partial charge on any atom is -0.303 e. The zero-order valence-electron chi connectivity index (χ0n) is 16.8. The SMILES string of the molecule is N#Cc1cccc2c1CCC(CN1CCC(c3[c-]cccc3Cl)CC1)CC2.[Cs+]. The number of piperidine rings is 1. The number of halogens is 1. The maximum absolute atomic E-state index is 9.38. The number of hydrogen-bond acceptors (Lipinski definition) is 2. The van der Waals surface area contributed by atoms with Crippen LogP contribution < -0.4 is 68.9 Å². The molecule has 2 aromatic carbocycles. The maximum Gasteiger partial charge on any atom is 1.00 e. The molecule has 0 amide bonds. The van der Waals surface area contributed by atoms with E-state index in [0.29, 0.717) is 5.92 Å². The summed E-state index contributed by atoms with van der Waals surface area (Å²) >= 11 is 6.37. The first-order valence-corrected chi connectivity index (χ1v) is 10.5. The molecule has 140 valence electrons. The molecular formula is C24H26ClCsN2. The van der Waals surface area contributed by atoms with Gasteiger partial charge in [0.05, 0.1) is 11.6 Å². The van der Waals surface area contributed by atoms with Gasteiger partial charge in [0.25, 0.3) is 0 Å². The molecule has 0 saturated carbocycles. The smallest absolute Gasteiger partial charge is 0.303 e. The van der Waals surface area contributed by atoms with Gasteiger partial charge in [-0.05, 0) is 80.6 Å². The van der Waals surface area contributed by atoms with E-state index in [9.17, 15) is 5.26 Å². The van der Waals surface area contributed by atoms with Crippen molar-refractivity contribution in [3.05, 3.63) is 69.7 Å². The Morgan fingerprint density at radius 2 is 1.86 bits per heavy atom. The van der Waals surface area contributed by atoms with E-state index in [0.717, 1.165) is 42.4 Å². The van der Waals surface area contributed by atoms with E-state index in [2.05, 4.69) is 23.1 Å². The van der Waals surface area contributed by atoms with Crippen LogP contribution in [0.3, 0.4) is 0 Å². The van der Waals surface area contributed by atoms with Gasteiger partial charge < -0.3 is 4.90 Å². The van der Waals surface area contributed by atoms with Crippen LogP contribution in [-0.4, -0.2) is 24.5 Å². The molecule has 1 heterocycles. The molecule has 1 atom stereocenters. The van der Waals surface area contributed by atoms with Crippen molar-refractivity contribution in [1.29, 1.82) is 5.26 Å². The van der Waals surface area contributed by atoms with Gasteiger partial charge in [-0.2, -0.15) is 41.1 Å². The predicted octanol–water partition coefficient (Wildman–Crippen LogP) is 2.39. The molecule has 1 saturated heterocycles. The number of nitrogens with zero attached hydrogens (tertiary/aromatic N) is 2. The molecule has 1 aliphatic heterocycles. The van der Waals surface area contributed by atoms with E-state index >= 15 is 0 Å². The number of likely N-dealkylation sites (tertiary alicyclic amines) is 1. The van der Waals surface area contributed by atoms with Crippen molar-refractivity contribution >= 4 is 11.6 Å². The monoisotopic (exact) mass is 510 g/mol. The summed E-state index contributed by atoms with van der Waals surface area (Å²) in [6.07, 6.45) is 6.94. The van der Waals surface area contributed by atoms with E-state index in [4.69, 9.17) is 11.6 Å². The molecular weight excluding hydrogens is 485 g/mol. The van der Waals surface area contributed by atoms with E-state index in [1.165, 1.54) is 48.9 Å². The quantitative estimate of drug-likeness (QED) is 0.468. The summed E-state index contributed by atoms with van der Waals surface area (Å²) in [5.74, 6) is 1.28. The Balaban J connectivity index is 0.00000225. The van der Waals surface area contributed by atoms with Crippen molar-refractivity contribution in [3.63, 3.8) is 0 Å². The summed E-state index contributed by atoms with van der Waals surface area (Å²) < 4.78 is 0. The Morgan fingerprint density at radius 3 is 2.61 bits per heavy atom. The number of fused-ring (bicyclic) bond motifs is 1. The van der Waals surface area contributed by atoms with Crippen LogP contribution in [0, 0.1) is 23.3 Å². The first kappa shape index (κ1) is 22.9. The Hall–Kier alpha value is 0.232. The fourth-order valence-electron chi connectivity index (χ4n) is 4.82. The molecule has 0 spiro atoms. The predicted molar refractivity (Wildman–Crippen MR) is 110 cm³/mol.